The van der Waals surface area contributed by atoms with Crippen molar-refractivity contribution in [2.24, 2.45) is 5.92 Å². The van der Waals surface area contributed by atoms with Crippen LogP contribution in [0.15, 0.2) is 18.3 Å². The number of aromatic nitrogens is 1. The fourth-order valence-electron chi connectivity index (χ4n) is 2.49. The molecular formula is C16H26N4S. The van der Waals surface area contributed by atoms with Crippen molar-refractivity contribution in [1.29, 1.82) is 0 Å². The van der Waals surface area contributed by atoms with Crippen LogP contribution in [-0.4, -0.2) is 41.2 Å². The highest BCUT2D eigenvalue weighted by Gasteiger charge is 2.14. The van der Waals surface area contributed by atoms with Gasteiger partial charge in [-0.15, -0.1) is 0 Å². The quantitative estimate of drug-likeness (QED) is 0.646. The van der Waals surface area contributed by atoms with Gasteiger partial charge in [-0.1, -0.05) is 13.0 Å². The lowest BCUT2D eigenvalue weighted by Crippen LogP contribution is -2.36. The summed E-state index contributed by atoms with van der Waals surface area (Å²) in [4.78, 5) is 6.84. The van der Waals surface area contributed by atoms with Crippen LogP contribution in [0, 0.1) is 12.8 Å². The third-order valence-electron chi connectivity index (χ3n) is 3.97. The highest BCUT2D eigenvalue weighted by molar-refractivity contribution is 7.80. The minimum absolute atomic E-state index is 0.651. The van der Waals surface area contributed by atoms with Crippen LogP contribution in [0.5, 0.6) is 0 Å². The molecule has 0 aromatic carbocycles. The molecule has 0 radical (unpaired) electrons. The molecule has 0 amide bonds. The van der Waals surface area contributed by atoms with Crippen molar-refractivity contribution in [3.8, 4) is 0 Å². The molecule has 1 aliphatic rings. The van der Waals surface area contributed by atoms with Gasteiger partial charge in [0.05, 0.1) is 0 Å². The molecule has 2 rings (SSSR count). The molecule has 1 aromatic rings. The van der Waals surface area contributed by atoms with Crippen molar-refractivity contribution in [3.05, 3.63) is 23.9 Å². The monoisotopic (exact) mass is 306 g/mol. The second kappa shape index (κ2) is 8.29. The van der Waals surface area contributed by atoms with E-state index in [1.807, 2.05) is 25.3 Å². The van der Waals surface area contributed by atoms with Gasteiger partial charge in [0, 0.05) is 12.7 Å². The van der Waals surface area contributed by atoms with Crippen LogP contribution in [0.1, 0.15) is 31.7 Å². The van der Waals surface area contributed by atoms with Gasteiger partial charge in [-0.25, -0.2) is 4.98 Å². The molecule has 1 saturated heterocycles. The molecule has 5 heteroatoms. The predicted octanol–water partition coefficient (Wildman–Crippen LogP) is 2.80. The lowest BCUT2D eigenvalue weighted by Gasteiger charge is -2.30. The van der Waals surface area contributed by atoms with Crippen molar-refractivity contribution in [2.45, 2.75) is 33.1 Å². The summed E-state index contributed by atoms with van der Waals surface area (Å²) < 4.78 is 0. The molecule has 2 N–H and O–H groups in total. The van der Waals surface area contributed by atoms with Gasteiger partial charge in [-0.05, 0) is 75.6 Å². The van der Waals surface area contributed by atoms with E-state index in [4.69, 9.17) is 12.2 Å². The molecule has 0 spiro atoms. The molecule has 21 heavy (non-hydrogen) atoms. The normalized spacial score (nSPS) is 16.7. The summed E-state index contributed by atoms with van der Waals surface area (Å²) >= 11 is 5.28. The van der Waals surface area contributed by atoms with Crippen LogP contribution in [0.4, 0.5) is 5.82 Å². The van der Waals surface area contributed by atoms with E-state index in [0.717, 1.165) is 36.8 Å². The Hall–Kier alpha value is -1.20. The van der Waals surface area contributed by atoms with Crippen molar-refractivity contribution in [2.75, 3.05) is 31.5 Å². The van der Waals surface area contributed by atoms with E-state index in [-0.39, 0.29) is 0 Å². The molecule has 2 heterocycles. The molecule has 0 bridgehead atoms. The first-order valence-electron chi connectivity index (χ1n) is 7.83. The van der Waals surface area contributed by atoms with E-state index in [1.54, 1.807) is 0 Å². The number of pyridine rings is 1. The van der Waals surface area contributed by atoms with E-state index in [9.17, 15) is 0 Å². The summed E-state index contributed by atoms with van der Waals surface area (Å²) in [5, 5.41) is 7.01. The molecule has 0 saturated carbocycles. The minimum atomic E-state index is 0.651. The van der Waals surface area contributed by atoms with E-state index in [1.165, 1.54) is 25.9 Å². The summed E-state index contributed by atoms with van der Waals surface area (Å²) in [6.07, 6.45) is 5.64. The van der Waals surface area contributed by atoms with Gasteiger partial charge in [0.25, 0.3) is 0 Å². The molecule has 116 valence electrons. The number of rotatable bonds is 5. The second-order valence-electron chi connectivity index (χ2n) is 5.98. The lowest BCUT2D eigenvalue weighted by atomic mass is 9.99. The standard InChI is InChI=1S/C16H26N4S/c1-13-6-10-20(11-7-13)9-3-8-17-16(21)19-15-5-4-14(2)12-18-15/h4-5,12-13H,3,6-11H2,1-2H3,(H2,17,18,19,21). The summed E-state index contributed by atoms with van der Waals surface area (Å²) in [5.74, 6) is 1.70. The Morgan fingerprint density at radius 1 is 1.38 bits per heavy atom. The van der Waals surface area contributed by atoms with E-state index in [0.29, 0.717) is 5.11 Å². The zero-order chi connectivity index (χ0) is 15.1. The summed E-state index contributed by atoms with van der Waals surface area (Å²) in [7, 11) is 0. The number of thiocarbonyl (C=S) groups is 1. The van der Waals surface area contributed by atoms with Gasteiger partial charge in [0.1, 0.15) is 5.82 Å². The van der Waals surface area contributed by atoms with Gasteiger partial charge < -0.3 is 15.5 Å². The highest BCUT2D eigenvalue weighted by atomic mass is 32.1. The Bertz CT molecular complexity index is 438. The van der Waals surface area contributed by atoms with Crippen molar-refractivity contribution < 1.29 is 0 Å². The Balaban J connectivity index is 1.58. The average Bonchev–Trinajstić information content (AvgIpc) is 2.48. The number of piperidine rings is 1. The highest BCUT2D eigenvalue weighted by Crippen LogP contribution is 2.15. The molecule has 4 nitrogen and oxygen atoms in total. The van der Waals surface area contributed by atoms with Crippen LogP contribution >= 0.6 is 12.2 Å². The first-order chi connectivity index (χ1) is 10.1. The van der Waals surface area contributed by atoms with Gasteiger partial charge in [0.2, 0.25) is 0 Å². The van der Waals surface area contributed by atoms with Crippen LogP contribution in [0.3, 0.4) is 0 Å². The zero-order valence-corrected chi connectivity index (χ0v) is 13.9. The number of hydrogen-bond donors (Lipinski definition) is 2. The summed E-state index contributed by atoms with van der Waals surface area (Å²) in [5.41, 5.74) is 1.15. The third kappa shape index (κ3) is 5.98. The smallest absolute Gasteiger partial charge is 0.171 e. The Morgan fingerprint density at radius 3 is 2.81 bits per heavy atom. The average molecular weight is 306 g/mol. The lowest BCUT2D eigenvalue weighted by molar-refractivity contribution is 0.191. The van der Waals surface area contributed by atoms with Crippen LogP contribution in [-0.2, 0) is 0 Å². The Labute approximate surface area is 133 Å². The Kier molecular flexibility index (Phi) is 6.39. The maximum absolute atomic E-state index is 5.28. The largest absolute Gasteiger partial charge is 0.362 e. The molecule has 1 fully saturated rings. The van der Waals surface area contributed by atoms with Crippen molar-refractivity contribution in [3.63, 3.8) is 0 Å². The topological polar surface area (TPSA) is 40.2 Å². The molecule has 1 aliphatic heterocycles. The predicted molar refractivity (Wildman–Crippen MR) is 92.7 cm³/mol. The molecular weight excluding hydrogens is 280 g/mol. The van der Waals surface area contributed by atoms with E-state index < -0.39 is 0 Å². The third-order valence-corrected chi connectivity index (χ3v) is 4.21. The number of aryl methyl sites for hydroxylation is 1. The van der Waals surface area contributed by atoms with Crippen LogP contribution in [0.25, 0.3) is 0 Å². The van der Waals surface area contributed by atoms with E-state index >= 15 is 0 Å². The first-order valence-corrected chi connectivity index (χ1v) is 8.24. The molecule has 0 atom stereocenters. The van der Waals surface area contributed by atoms with Gasteiger partial charge in [-0.2, -0.15) is 0 Å². The number of anilines is 1. The number of likely N-dealkylation sites (tertiary alicyclic amines) is 1. The second-order valence-corrected chi connectivity index (χ2v) is 6.39. The number of hydrogen-bond acceptors (Lipinski definition) is 3. The van der Waals surface area contributed by atoms with Crippen molar-refractivity contribution >= 4 is 23.1 Å². The summed E-state index contributed by atoms with van der Waals surface area (Å²) in [6.45, 7) is 8.93. The molecule has 0 unspecified atom stereocenters. The number of nitrogens with zero attached hydrogens (tertiary/aromatic N) is 2. The fraction of sp³-hybridized carbons (Fsp3) is 0.625. The Morgan fingerprint density at radius 2 is 2.14 bits per heavy atom. The zero-order valence-electron chi connectivity index (χ0n) is 13.1. The van der Waals surface area contributed by atoms with Gasteiger partial charge in [-0.3, -0.25) is 0 Å². The molecule has 1 aromatic heterocycles. The van der Waals surface area contributed by atoms with E-state index in [2.05, 4.69) is 27.4 Å². The van der Waals surface area contributed by atoms with Crippen LogP contribution < -0.4 is 10.6 Å². The molecule has 0 aliphatic carbocycles. The number of nitrogens with one attached hydrogen (secondary N) is 2. The van der Waals surface area contributed by atoms with Gasteiger partial charge >= 0.3 is 0 Å². The minimum Gasteiger partial charge on any atom is -0.362 e. The maximum Gasteiger partial charge on any atom is 0.171 e. The first kappa shape index (κ1) is 16.2. The van der Waals surface area contributed by atoms with Crippen LogP contribution in [0.2, 0.25) is 0 Å². The SMILES string of the molecule is Cc1ccc(NC(=S)NCCCN2CCC(C)CC2)nc1. The van der Waals surface area contributed by atoms with Gasteiger partial charge in [0.15, 0.2) is 5.11 Å². The summed E-state index contributed by atoms with van der Waals surface area (Å²) in [6, 6.07) is 3.97. The fourth-order valence-corrected chi connectivity index (χ4v) is 2.70. The maximum atomic E-state index is 5.28. The van der Waals surface area contributed by atoms with Crippen molar-refractivity contribution in [1.82, 2.24) is 15.2 Å².